The van der Waals surface area contributed by atoms with Gasteiger partial charge in [-0.2, -0.15) is 5.10 Å². The molecule has 1 heterocycles. The van der Waals surface area contributed by atoms with Gasteiger partial charge in [0.25, 0.3) is 11.1 Å². The fourth-order valence-electron chi connectivity index (χ4n) is 3.20. The molecule has 3 aromatic carbocycles. The molecule has 1 aromatic heterocycles. The first-order valence-corrected chi connectivity index (χ1v) is 9.09. The van der Waals surface area contributed by atoms with Crippen LogP contribution in [0.15, 0.2) is 83.7 Å². The number of fused-ring (bicyclic) bond motifs is 1. The number of nitrogens with zero attached hydrogens (tertiary/aromatic N) is 1. The van der Waals surface area contributed by atoms with E-state index in [4.69, 9.17) is 4.74 Å². The van der Waals surface area contributed by atoms with E-state index >= 15 is 0 Å². The highest BCUT2D eigenvalue weighted by Crippen LogP contribution is 2.17. The number of ether oxygens (including phenoxy) is 1. The molecular weight excluding hydrogens is 352 g/mol. The number of esters is 1. The Morgan fingerprint density at radius 2 is 1.64 bits per heavy atom. The van der Waals surface area contributed by atoms with Crippen LogP contribution in [-0.4, -0.2) is 17.7 Å². The average molecular weight is 371 g/mol. The van der Waals surface area contributed by atoms with E-state index < -0.39 is 5.97 Å². The first kappa shape index (κ1) is 17.7. The van der Waals surface area contributed by atoms with E-state index in [1.165, 1.54) is 0 Å². The molecule has 0 saturated carbocycles. The van der Waals surface area contributed by atoms with Crippen LogP contribution in [0, 0.1) is 0 Å². The van der Waals surface area contributed by atoms with Crippen molar-refractivity contribution < 1.29 is 14.2 Å². The summed E-state index contributed by atoms with van der Waals surface area (Å²) >= 11 is 0. The van der Waals surface area contributed by atoms with Crippen LogP contribution in [0.1, 0.15) is 17.3 Å². The number of para-hydroxylation sites is 1. The molecule has 5 nitrogen and oxygen atoms in total. The molecule has 5 heteroatoms. The van der Waals surface area contributed by atoms with Crippen molar-refractivity contribution in [1.29, 1.82) is 0 Å². The van der Waals surface area contributed by atoms with Crippen LogP contribution in [0.2, 0.25) is 0 Å². The standard InChI is InChI=1S/C23H18N2O3/c1-2-28-23(27)17-13-14-20-19(15-17)22(26)21(16-9-5-3-6-10-16)25(24-20)18-11-7-4-8-12-18/h3-15H,2H2,1H3/p+1. The summed E-state index contributed by atoms with van der Waals surface area (Å²) in [5, 5.41) is 3.76. The molecule has 0 fully saturated rings. The summed E-state index contributed by atoms with van der Waals surface area (Å²) in [6, 6.07) is 24.1. The zero-order valence-electron chi connectivity index (χ0n) is 15.4. The van der Waals surface area contributed by atoms with E-state index in [1.54, 1.807) is 29.8 Å². The van der Waals surface area contributed by atoms with Crippen LogP contribution in [0.3, 0.4) is 0 Å². The highest BCUT2D eigenvalue weighted by molar-refractivity contribution is 5.94. The van der Waals surface area contributed by atoms with E-state index in [1.807, 2.05) is 60.7 Å². The highest BCUT2D eigenvalue weighted by atomic mass is 16.5. The van der Waals surface area contributed by atoms with Gasteiger partial charge in [0.15, 0.2) is 0 Å². The van der Waals surface area contributed by atoms with Gasteiger partial charge in [-0.25, -0.2) is 4.79 Å². The number of aromatic nitrogens is 2. The largest absolute Gasteiger partial charge is 0.462 e. The number of rotatable bonds is 4. The molecule has 0 amide bonds. The Labute approximate surface area is 161 Å². The van der Waals surface area contributed by atoms with E-state index in [9.17, 15) is 9.59 Å². The molecule has 0 atom stereocenters. The molecule has 138 valence electrons. The van der Waals surface area contributed by atoms with Crippen molar-refractivity contribution in [1.82, 2.24) is 5.10 Å². The third-order valence-electron chi connectivity index (χ3n) is 4.51. The van der Waals surface area contributed by atoms with Gasteiger partial charge in [-0.15, -0.1) is 0 Å². The van der Waals surface area contributed by atoms with Crippen molar-refractivity contribution >= 4 is 16.9 Å². The van der Waals surface area contributed by atoms with Crippen molar-refractivity contribution in [2.24, 2.45) is 0 Å². The second kappa shape index (κ2) is 7.48. The molecule has 0 aliphatic carbocycles. The minimum atomic E-state index is -0.440. The lowest BCUT2D eigenvalue weighted by molar-refractivity contribution is -0.646. The van der Waals surface area contributed by atoms with Crippen LogP contribution < -0.4 is 10.1 Å². The first-order valence-electron chi connectivity index (χ1n) is 9.09. The topological polar surface area (TPSA) is 63.0 Å². The Kier molecular flexibility index (Phi) is 4.72. The lowest BCUT2D eigenvalue weighted by Gasteiger charge is -2.07. The molecule has 4 aromatic rings. The summed E-state index contributed by atoms with van der Waals surface area (Å²) in [6.45, 7) is 2.04. The highest BCUT2D eigenvalue weighted by Gasteiger charge is 2.24. The normalized spacial score (nSPS) is 10.8. The molecule has 0 unspecified atom stereocenters. The SMILES string of the molecule is CCOC(=O)c1ccc2[nH][n+](-c3ccccc3)c(-c3ccccc3)c(=O)c2c1. The van der Waals surface area contributed by atoms with Gasteiger partial charge in [0, 0.05) is 12.1 Å². The first-order chi connectivity index (χ1) is 13.7. The van der Waals surface area contributed by atoms with Crippen LogP contribution in [0.5, 0.6) is 0 Å². The summed E-state index contributed by atoms with van der Waals surface area (Å²) in [7, 11) is 0. The van der Waals surface area contributed by atoms with Crippen LogP contribution >= 0.6 is 0 Å². The van der Waals surface area contributed by atoms with Gasteiger partial charge in [0.05, 0.1) is 23.1 Å². The number of carbonyl (C=O) groups excluding carboxylic acids is 1. The van der Waals surface area contributed by atoms with Crippen LogP contribution in [0.4, 0.5) is 0 Å². The smallest absolute Gasteiger partial charge is 0.338 e. The summed E-state index contributed by atoms with van der Waals surface area (Å²) in [5.41, 5.74) is 2.97. The predicted molar refractivity (Wildman–Crippen MR) is 107 cm³/mol. The maximum absolute atomic E-state index is 13.5. The maximum Gasteiger partial charge on any atom is 0.338 e. The van der Waals surface area contributed by atoms with E-state index in [0.29, 0.717) is 22.2 Å². The second-order valence-corrected chi connectivity index (χ2v) is 6.31. The number of aromatic amines is 1. The Hall–Kier alpha value is -3.73. The molecular formula is C23H19N2O3+. The van der Waals surface area contributed by atoms with Gasteiger partial charge >= 0.3 is 5.97 Å². The van der Waals surface area contributed by atoms with Gasteiger partial charge in [-0.05, 0) is 37.3 Å². The number of carbonyl (C=O) groups is 1. The molecule has 0 spiro atoms. The van der Waals surface area contributed by atoms with Crippen molar-refractivity contribution in [3.8, 4) is 16.9 Å². The minimum Gasteiger partial charge on any atom is -0.462 e. The van der Waals surface area contributed by atoms with E-state index in [2.05, 4.69) is 5.10 Å². The molecule has 1 N–H and O–H groups in total. The number of H-pyrrole nitrogens is 1. The number of benzene rings is 3. The number of nitrogens with one attached hydrogen (secondary N) is 1. The average Bonchev–Trinajstić information content (AvgIpc) is 2.75. The van der Waals surface area contributed by atoms with E-state index in [0.717, 1.165) is 11.3 Å². The maximum atomic E-state index is 13.5. The third kappa shape index (κ3) is 3.18. The zero-order valence-corrected chi connectivity index (χ0v) is 15.4. The fraction of sp³-hybridized carbons (Fsp3) is 0.0870. The Morgan fingerprint density at radius 3 is 2.32 bits per heavy atom. The molecule has 0 saturated heterocycles. The summed E-state index contributed by atoms with van der Waals surface area (Å²) in [4.78, 5) is 25.6. The van der Waals surface area contributed by atoms with Crippen LogP contribution in [-0.2, 0) is 4.74 Å². The monoisotopic (exact) mass is 371 g/mol. The summed E-state index contributed by atoms with van der Waals surface area (Å²) in [6.07, 6.45) is 0. The van der Waals surface area contributed by atoms with Gasteiger partial charge < -0.3 is 4.74 Å². The Morgan fingerprint density at radius 1 is 0.964 bits per heavy atom. The van der Waals surface area contributed by atoms with E-state index in [-0.39, 0.29) is 12.0 Å². The van der Waals surface area contributed by atoms with Crippen molar-refractivity contribution in [2.75, 3.05) is 6.61 Å². The lowest BCUT2D eigenvalue weighted by atomic mass is 10.1. The number of hydrogen-bond acceptors (Lipinski definition) is 3. The minimum absolute atomic E-state index is 0.157. The number of hydrogen-bond donors (Lipinski definition) is 1. The third-order valence-corrected chi connectivity index (χ3v) is 4.51. The zero-order chi connectivity index (χ0) is 19.5. The molecule has 0 radical (unpaired) electrons. The lowest BCUT2D eigenvalue weighted by Crippen LogP contribution is -2.42. The van der Waals surface area contributed by atoms with Crippen molar-refractivity contribution in [3.63, 3.8) is 0 Å². The Balaban J connectivity index is 2.02. The van der Waals surface area contributed by atoms with Crippen molar-refractivity contribution in [2.45, 2.75) is 6.92 Å². The second-order valence-electron chi connectivity index (χ2n) is 6.31. The predicted octanol–water partition coefficient (Wildman–Crippen LogP) is 3.65. The molecule has 0 aliphatic heterocycles. The fourth-order valence-corrected chi connectivity index (χ4v) is 3.20. The van der Waals surface area contributed by atoms with Gasteiger partial charge in [0.1, 0.15) is 5.52 Å². The quantitative estimate of drug-likeness (QED) is 0.440. The molecule has 4 rings (SSSR count). The summed E-state index contributed by atoms with van der Waals surface area (Å²) < 4.78 is 6.85. The van der Waals surface area contributed by atoms with Gasteiger partial charge in [-0.1, -0.05) is 41.1 Å². The van der Waals surface area contributed by atoms with Gasteiger partial charge in [-0.3, -0.25) is 4.79 Å². The molecule has 0 bridgehead atoms. The van der Waals surface area contributed by atoms with Crippen LogP contribution in [0.25, 0.3) is 27.8 Å². The Bertz CT molecular complexity index is 1200. The molecule has 0 aliphatic rings. The van der Waals surface area contributed by atoms with Crippen molar-refractivity contribution in [3.05, 3.63) is 94.6 Å². The van der Waals surface area contributed by atoms with Gasteiger partial charge in [0.2, 0.25) is 5.69 Å². The molecule has 28 heavy (non-hydrogen) atoms. The summed E-state index contributed by atoms with van der Waals surface area (Å²) in [5.74, 6) is -0.440.